The Hall–Kier alpha value is -2.90. The summed E-state index contributed by atoms with van der Waals surface area (Å²) in [5.41, 5.74) is -0.112. The summed E-state index contributed by atoms with van der Waals surface area (Å²) in [5.74, 6) is -1.90. The number of benzene rings is 1. The van der Waals surface area contributed by atoms with Crippen molar-refractivity contribution < 1.29 is 28.8 Å². The zero-order valence-corrected chi connectivity index (χ0v) is 17.8. The lowest BCUT2D eigenvalue weighted by Crippen LogP contribution is -2.44. The van der Waals surface area contributed by atoms with Gasteiger partial charge in [0.05, 0.1) is 17.5 Å². The smallest absolute Gasteiger partial charge is 0.410 e. The first kappa shape index (κ1) is 21.8. The number of hydroxylamine groups is 2. The predicted octanol–water partition coefficient (Wildman–Crippen LogP) is 3.41. The van der Waals surface area contributed by atoms with E-state index in [4.69, 9.17) is 9.57 Å². The molecule has 0 aromatic heterocycles. The molecule has 0 saturated carbocycles. The molecule has 8 heteroatoms. The molecule has 0 spiro atoms. The van der Waals surface area contributed by atoms with Gasteiger partial charge >= 0.3 is 12.1 Å². The molecule has 1 fully saturated rings. The molecule has 0 N–H and O–H groups in total. The Labute approximate surface area is 176 Å². The quantitative estimate of drug-likeness (QED) is 0.699. The summed E-state index contributed by atoms with van der Waals surface area (Å²) in [4.78, 5) is 56.2. The van der Waals surface area contributed by atoms with Crippen molar-refractivity contribution >= 4 is 23.9 Å². The minimum atomic E-state index is -0.647. The summed E-state index contributed by atoms with van der Waals surface area (Å²) in [5, 5.41) is 0.535. The molecular weight excluding hydrogens is 388 g/mol. The number of hydrogen-bond acceptors (Lipinski definition) is 6. The van der Waals surface area contributed by atoms with E-state index < -0.39 is 23.4 Å². The van der Waals surface area contributed by atoms with Crippen LogP contribution in [0.15, 0.2) is 24.3 Å². The molecule has 3 amide bonds. The van der Waals surface area contributed by atoms with E-state index >= 15 is 0 Å². The van der Waals surface area contributed by atoms with Crippen LogP contribution in [0.4, 0.5) is 4.79 Å². The minimum absolute atomic E-state index is 0.0419. The van der Waals surface area contributed by atoms with Crippen molar-refractivity contribution in [1.29, 1.82) is 0 Å². The fourth-order valence-electron chi connectivity index (χ4n) is 3.79. The highest BCUT2D eigenvalue weighted by Crippen LogP contribution is 2.28. The zero-order valence-electron chi connectivity index (χ0n) is 17.8. The normalized spacial score (nSPS) is 20.1. The first-order valence-corrected chi connectivity index (χ1v) is 10.2. The number of carbonyl (C=O) groups is 4. The van der Waals surface area contributed by atoms with Crippen LogP contribution in [0.2, 0.25) is 0 Å². The molecule has 2 heterocycles. The maximum Gasteiger partial charge on any atom is 0.410 e. The lowest BCUT2D eigenvalue weighted by Gasteiger charge is -2.36. The number of imide groups is 1. The Balaban J connectivity index is 1.55. The SMILES string of the molecule is CC(CC(=O)ON1C(=O)c2ccccc2C1=O)C1CCCN(C(=O)OC(C)(C)C)C1. The highest BCUT2D eigenvalue weighted by Gasteiger charge is 2.39. The Morgan fingerprint density at radius 1 is 1.13 bits per heavy atom. The molecule has 8 nitrogen and oxygen atoms in total. The van der Waals surface area contributed by atoms with E-state index in [9.17, 15) is 19.2 Å². The van der Waals surface area contributed by atoms with Gasteiger partial charge in [-0.15, -0.1) is 0 Å². The van der Waals surface area contributed by atoms with Crippen LogP contribution in [-0.4, -0.2) is 52.5 Å². The number of rotatable bonds is 4. The first-order chi connectivity index (χ1) is 14.1. The molecule has 1 aromatic rings. The number of amides is 3. The maximum absolute atomic E-state index is 12.4. The van der Waals surface area contributed by atoms with Crippen LogP contribution in [0.1, 0.15) is 67.7 Å². The van der Waals surface area contributed by atoms with E-state index in [-0.39, 0.29) is 35.5 Å². The standard InChI is InChI=1S/C22H28N2O6/c1-14(15-8-7-11-23(13-15)21(28)29-22(2,3)4)12-18(25)30-24-19(26)16-9-5-6-10-17(16)20(24)27/h5-6,9-10,14-15H,7-8,11-13H2,1-4H3. The van der Waals surface area contributed by atoms with E-state index in [1.165, 1.54) is 12.1 Å². The van der Waals surface area contributed by atoms with E-state index in [1.54, 1.807) is 17.0 Å². The molecule has 2 aliphatic heterocycles. The molecule has 0 bridgehead atoms. The van der Waals surface area contributed by atoms with Crippen LogP contribution >= 0.6 is 0 Å². The predicted molar refractivity (Wildman–Crippen MR) is 107 cm³/mol. The van der Waals surface area contributed by atoms with Crippen LogP contribution in [-0.2, 0) is 14.4 Å². The summed E-state index contributed by atoms with van der Waals surface area (Å²) >= 11 is 0. The van der Waals surface area contributed by atoms with Crippen molar-refractivity contribution in [2.24, 2.45) is 11.8 Å². The first-order valence-electron chi connectivity index (χ1n) is 10.2. The number of ether oxygens (including phenoxy) is 1. The topological polar surface area (TPSA) is 93.2 Å². The third kappa shape index (κ3) is 4.80. The summed E-state index contributed by atoms with van der Waals surface area (Å²) in [6.07, 6.45) is 1.39. The number of likely N-dealkylation sites (tertiary alicyclic amines) is 1. The van der Waals surface area contributed by atoms with Gasteiger partial charge in [-0.2, -0.15) is 0 Å². The van der Waals surface area contributed by atoms with Crippen molar-refractivity contribution in [3.8, 4) is 0 Å². The largest absolute Gasteiger partial charge is 0.444 e. The number of fused-ring (bicyclic) bond motifs is 1. The lowest BCUT2D eigenvalue weighted by atomic mass is 9.85. The van der Waals surface area contributed by atoms with Crippen LogP contribution in [0.5, 0.6) is 0 Å². The molecule has 3 rings (SSSR count). The summed E-state index contributed by atoms with van der Waals surface area (Å²) in [6, 6.07) is 6.35. The molecular formula is C22H28N2O6. The van der Waals surface area contributed by atoms with Gasteiger partial charge in [0.15, 0.2) is 0 Å². The van der Waals surface area contributed by atoms with Crippen LogP contribution in [0, 0.1) is 11.8 Å². The number of carbonyl (C=O) groups excluding carboxylic acids is 4. The average Bonchev–Trinajstić information content (AvgIpc) is 2.92. The second-order valence-electron chi connectivity index (χ2n) is 8.92. The van der Waals surface area contributed by atoms with Gasteiger partial charge in [0, 0.05) is 13.1 Å². The molecule has 2 atom stereocenters. The Morgan fingerprint density at radius 3 is 2.30 bits per heavy atom. The van der Waals surface area contributed by atoms with Crippen molar-refractivity contribution in [1.82, 2.24) is 9.96 Å². The van der Waals surface area contributed by atoms with E-state index in [1.807, 2.05) is 27.7 Å². The number of hydrogen-bond donors (Lipinski definition) is 0. The molecule has 2 unspecified atom stereocenters. The summed E-state index contributed by atoms with van der Waals surface area (Å²) in [7, 11) is 0. The van der Waals surface area contributed by atoms with Gasteiger partial charge < -0.3 is 14.5 Å². The molecule has 162 valence electrons. The van der Waals surface area contributed by atoms with E-state index in [0.717, 1.165) is 12.8 Å². The van der Waals surface area contributed by atoms with Crippen molar-refractivity contribution in [2.45, 2.75) is 52.6 Å². The Kier molecular flexibility index (Phi) is 6.14. The Morgan fingerprint density at radius 2 is 1.73 bits per heavy atom. The highest BCUT2D eigenvalue weighted by atomic mass is 16.7. The molecule has 0 radical (unpaired) electrons. The van der Waals surface area contributed by atoms with Crippen LogP contribution in [0.25, 0.3) is 0 Å². The fourth-order valence-corrected chi connectivity index (χ4v) is 3.79. The van der Waals surface area contributed by atoms with Gasteiger partial charge in [-0.3, -0.25) is 9.59 Å². The second kappa shape index (κ2) is 8.45. The molecule has 2 aliphatic rings. The van der Waals surface area contributed by atoms with Crippen LogP contribution < -0.4 is 0 Å². The highest BCUT2D eigenvalue weighted by molar-refractivity contribution is 6.20. The van der Waals surface area contributed by atoms with Gasteiger partial charge in [0.1, 0.15) is 5.60 Å². The van der Waals surface area contributed by atoms with Crippen molar-refractivity contribution in [3.05, 3.63) is 35.4 Å². The second-order valence-corrected chi connectivity index (χ2v) is 8.92. The number of piperidine rings is 1. The number of nitrogens with zero attached hydrogens (tertiary/aromatic N) is 2. The van der Waals surface area contributed by atoms with Crippen molar-refractivity contribution in [3.63, 3.8) is 0 Å². The average molecular weight is 416 g/mol. The van der Waals surface area contributed by atoms with Gasteiger partial charge in [0.2, 0.25) is 0 Å². The van der Waals surface area contributed by atoms with Gasteiger partial charge in [-0.25, -0.2) is 9.59 Å². The van der Waals surface area contributed by atoms with Gasteiger partial charge in [0.25, 0.3) is 11.8 Å². The zero-order chi connectivity index (χ0) is 22.1. The third-order valence-electron chi connectivity index (χ3n) is 5.35. The summed E-state index contributed by atoms with van der Waals surface area (Å²) in [6.45, 7) is 8.50. The summed E-state index contributed by atoms with van der Waals surface area (Å²) < 4.78 is 5.44. The van der Waals surface area contributed by atoms with E-state index in [0.29, 0.717) is 18.2 Å². The maximum atomic E-state index is 12.4. The minimum Gasteiger partial charge on any atom is -0.444 e. The van der Waals surface area contributed by atoms with E-state index in [2.05, 4.69) is 0 Å². The monoisotopic (exact) mass is 416 g/mol. The van der Waals surface area contributed by atoms with Crippen molar-refractivity contribution in [2.75, 3.05) is 13.1 Å². The molecule has 1 aromatic carbocycles. The Bertz CT molecular complexity index is 824. The molecule has 30 heavy (non-hydrogen) atoms. The fraction of sp³-hybridized carbons (Fsp3) is 0.545. The van der Waals surface area contributed by atoms with Gasteiger partial charge in [-0.05, 0) is 57.6 Å². The lowest BCUT2D eigenvalue weighted by molar-refractivity contribution is -0.170. The van der Waals surface area contributed by atoms with Crippen LogP contribution in [0.3, 0.4) is 0 Å². The third-order valence-corrected chi connectivity index (χ3v) is 5.35. The molecule has 1 saturated heterocycles. The van der Waals surface area contributed by atoms with Gasteiger partial charge in [-0.1, -0.05) is 24.1 Å². The molecule has 0 aliphatic carbocycles.